The van der Waals surface area contributed by atoms with E-state index in [4.69, 9.17) is 4.12 Å². The molecule has 0 radical (unpaired) electrons. The molecule has 0 aliphatic carbocycles. The van der Waals surface area contributed by atoms with E-state index in [9.17, 15) is 4.79 Å². The molecular weight excluding hydrogens is 208 g/mol. The number of carbonyl (C=O) groups excluding carboxylic acids is 1. The van der Waals surface area contributed by atoms with E-state index >= 15 is 0 Å². The molecule has 0 fully saturated rings. The molecule has 0 saturated heterocycles. The van der Waals surface area contributed by atoms with Crippen molar-refractivity contribution < 1.29 is 8.91 Å². The second-order valence-corrected chi connectivity index (χ2v) is 14.3. The molecule has 0 saturated carbocycles. The summed E-state index contributed by atoms with van der Waals surface area (Å²) in [4.78, 5) is 11.5. The fraction of sp³-hybridized carbons (Fsp3) is 0.900. The van der Waals surface area contributed by atoms with Gasteiger partial charge in [0.2, 0.25) is 0 Å². The largest absolute Gasteiger partial charge is 0.455 e. The first-order valence-electron chi connectivity index (χ1n) is 5.31. The minimum Gasteiger partial charge on any atom is -0.455 e. The summed E-state index contributed by atoms with van der Waals surface area (Å²) in [6, 6.07) is 0. The van der Waals surface area contributed by atoms with Crippen LogP contribution in [0.4, 0.5) is 0 Å². The van der Waals surface area contributed by atoms with Crippen LogP contribution in [0.25, 0.3) is 0 Å². The molecular formula is C10H24O2Si2. The van der Waals surface area contributed by atoms with Gasteiger partial charge >= 0.3 is 0 Å². The molecule has 0 aromatic carbocycles. The molecule has 0 bridgehead atoms. The smallest absolute Gasteiger partial charge is 0.183 e. The molecule has 0 spiro atoms. The van der Waals surface area contributed by atoms with Crippen molar-refractivity contribution in [2.24, 2.45) is 0 Å². The van der Waals surface area contributed by atoms with E-state index in [0.29, 0.717) is 5.78 Å². The monoisotopic (exact) mass is 232 g/mol. The summed E-state index contributed by atoms with van der Waals surface area (Å²) in [7, 11) is -3.33. The highest BCUT2D eigenvalue weighted by Crippen LogP contribution is 2.30. The molecule has 14 heavy (non-hydrogen) atoms. The van der Waals surface area contributed by atoms with Crippen LogP contribution < -0.4 is 0 Å². The predicted molar refractivity (Wildman–Crippen MR) is 66.6 cm³/mol. The van der Waals surface area contributed by atoms with E-state index in [1.54, 1.807) is 6.92 Å². The molecule has 2 nitrogen and oxygen atoms in total. The van der Waals surface area contributed by atoms with Crippen LogP contribution in [-0.2, 0) is 8.91 Å². The highest BCUT2D eigenvalue weighted by molar-refractivity contribution is 6.86. The summed E-state index contributed by atoms with van der Waals surface area (Å²) in [5.74, 6) is 0.294. The fourth-order valence-corrected chi connectivity index (χ4v) is 11.0. The van der Waals surface area contributed by atoms with Crippen LogP contribution in [-0.4, -0.2) is 22.4 Å². The number of carbonyl (C=O) groups is 1. The Bertz CT molecular complexity index is 207. The van der Waals surface area contributed by atoms with Crippen LogP contribution in [0.2, 0.25) is 38.3 Å². The third kappa shape index (κ3) is 4.53. The van der Waals surface area contributed by atoms with Crippen molar-refractivity contribution in [1.29, 1.82) is 0 Å². The SMILES string of the molecule is CCC(C(C)=O)[Si](C)(C)O[Si](C)(C)C. The van der Waals surface area contributed by atoms with Gasteiger partial charge in [-0.2, -0.15) is 0 Å². The van der Waals surface area contributed by atoms with Crippen molar-refractivity contribution in [2.45, 2.75) is 58.5 Å². The van der Waals surface area contributed by atoms with Crippen molar-refractivity contribution >= 4 is 22.4 Å². The molecule has 0 heterocycles. The second kappa shape index (κ2) is 4.72. The summed E-state index contributed by atoms with van der Waals surface area (Å²) in [6.07, 6.45) is 0.916. The molecule has 0 aromatic rings. The van der Waals surface area contributed by atoms with Gasteiger partial charge in [0.15, 0.2) is 16.6 Å². The normalized spacial score (nSPS) is 15.4. The molecule has 0 aliphatic rings. The van der Waals surface area contributed by atoms with Gasteiger partial charge in [-0.05, 0) is 46.1 Å². The Labute approximate surface area is 90.3 Å². The summed E-state index contributed by atoms with van der Waals surface area (Å²) < 4.78 is 6.20. The number of hydrogen-bond acceptors (Lipinski definition) is 2. The van der Waals surface area contributed by atoms with Gasteiger partial charge in [0.25, 0.3) is 0 Å². The van der Waals surface area contributed by atoms with E-state index < -0.39 is 16.6 Å². The summed E-state index contributed by atoms with van der Waals surface area (Å²) in [5, 5.41) is 0. The Balaban J connectivity index is 4.65. The van der Waals surface area contributed by atoms with E-state index in [0.717, 1.165) is 6.42 Å². The maximum atomic E-state index is 11.5. The number of Topliss-reactive ketones (excluding diaryl/α,β-unsaturated/α-hetero) is 1. The maximum absolute atomic E-state index is 11.5. The van der Waals surface area contributed by atoms with Crippen LogP contribution >= 0.6 is 0 Å². The zero-order valence-electron chi connectivity index (χ0n) is 10.6. The number of hydrogen-bond donors (Lipinski definition) is 0. The second-order valence-electron chi connectivity index (χ2n) is 5.39. The lowest BCUT2D eigenvalue weighted by Gasteiger charge is -2.36. The summed E-state index contributed by atoms with van der Waals surface area (Å²) in [6.45, 7) is 14.7. The zero-order chi connectivity index (χ0) is 11.6. The van der Waals surface area contributed by atoms with Crippen molar-refractivity contribution in [1.82, 2.24) is 0 Å². The molecule has 4 heteroatoms. The third-order valence-electron chi connectivity index (χ3n) is 2.31. The lowest BCUT2D eigenvalue weighted by atomic mass is 10.2. The number of rotatable bonds is 5. The lowest BCUT2D eigenvalue weighted by Crippen LogP contribution is -2.47. The Kier molecular flexibility index (Phi) is 4.74. The van der Waals surface area contributed by atoms with Gasteiger partial charge in [-0.25, -0.2) is 0 Å². The average Bonchev–Trinajstić information content (AvgIpc) is 1.79. The third-order valence-corrected chi connectivity index (χ3v) is 9.35. The quantitative estimate of drug-likeness (QED) is 0.679. The Morgan fingerprint density at radius 1 is 1.21 bits per heavy atom. The molecule has 0 aliphatic heterocycles. The van der Waals surface area contributed by atoms with Gasteiger partial charge in [-0.3, -0.25) is 4.79 Å². The van der Waals surface area contributed by atoms with Crippen LogP contribution in [0.15, 0.2) is 0 Å². The standard InChI is InChI=1S/C10H24O2Si2/c1-8-10(9(2)11)14(6,7)12-13(3,4)5/h10H,8H2,1-7H3. The van der Waals surface area contributed by atoms with Gasteiger partial charge in [-0.15, -0.1) is 0 Å². The van der Waals surface area contributed by atoms with Gasteiger partial charge in [-0.1, -0.05) is 6.92 Å². The van der Waals surface area contributed by atoms with Crippen molar-refractivity contribution in [3.05, 3.63) is 0 Å². The van der Waals surface area contributed by atoms with Crippen molar-refractivity contribution in [2.75, 3.05) is 0 Å². The van der Waals surface area contributed by atoms with Gasteiger partial charge in [0, 0.05) is 5.54 Å². The lowest BCUT2D eigenvalue weighted by molar-refractivity contribution is -0.117. The Hall–Kier alpha value is 0.0638. The van der Waals surface area contributed by atoms with E-state index in [1.165, 1.54) is 0 Å². The fourth-order valence-electron chi connectivity index (χ4n) is 2.13. The predicted octanol–water partition coefficient (Wildman–Crippen LogP) is 3.41. The summed E-state index contributed by atoms with van der Waals surface area (Å²) >= 11 is 0. The molecule has 84 valence electrons. The van der Waals surface area contributed by atoms with Gasteiger partial charge < -0.3 is 4.12 Å². The zero-order valence-corrected chi connectivity index (χ0v) is 12.6. The minimum atomic E-state index is -1.82. The molecule has 0 rings (SSSR count). The number of ketones is 1. The molecule has 0 N–H and O–H groups in total. The van der Waals surface area contributed by atoms with E-state index in [2.05, 4.69) is 39.7 Å². The average molecular weight is 232 g/mol. The van der Waals surface area contributed by atoms with Gasteiger partial charge in [0.05, 0.1) is 0 Å². The highest BCUT2D eigenvalue weighted by Gasteiger charge is 2.38. The van der Waals surface area contributed by atoms with Crippen LogP contribution in [0.1, 0.15) is 20.3 Å². The first kappa shape index (κ1) is 14.1. The molecule has 0 amide bonds. The summed E-state index contributed by atoms with van der Waals surface area (Å²) in [5.41, 5.74) is 0.161. The van der Waals surface area contributed by atoms with Crippen LogP contribution in [0.5, 0.6) is 0 Å². The molecule has 1 atom stereocenters. The highest BCUT2D eigenvalue weighted by atomic mass is 28.4. The molecule has 1 unspecified atom stereocenters. The van der Waals surface area contributed by atoms with E-state index in [-0.39, 0.29) is 5.54 Å². The first-order valence-corrected chi connectivity index (χ1v) is 11.7. The maximum Gasteiger partial charge on any atom is 0.183 e. The Morgan fingerprint density at radius 2 is 1.64 bits per heavy atom. The molecule has 0 aromatic heterocycles. The van der Waals surface area contributed by atoms with Gasteiger partial charge in [0.1, 0.15) is 5.78 Å². The van der Waals surface area contributed by atoms with Crippen LogP contribution in [0.3, 0.4) is 0 Å². The Morgan fingerprint density at radius 3 is 1.86 bits per heavy atom. The van der Waals surface area contributed by atoms with E-state index in [1.807, 2.05) is 0 Å². The van der Waals surface area contributed by atoms with Crippen LogP contribution in [0, 0.1) is 0 Å². The van der Waals surface area contributed by atoms with Crippen molar-refractivity contribution in [3.63, 3.8) is 0 Å². The van der Waals surface area contributed by atoms with Crippen molar-refractivity contribution in [3.8, 4) is 0 Å². The topological polar surface area (TPSA) is 26.3 Å². The first-order chi connectivity index (χ1) is 6.10. The minimum absolute atomic E-state index is 0.161.